The van der Waals surface area contributed by atoms with Crippen molar-refractivity contribution < 1.29 is 9.13 Å². The Hall–Kier alpha value is -0.640. The first-order chi connectivity index (χ1) is 8.27. The number of benzene rings is 1. The molecule has 1 aliphatic rings. The van der Waals surface area contributed by atoms with E-state index in [1.807, 2.05) is 6.07 Å². The lowest BCUT2D eigenvalue weighted by atomic mass is 10.0. The SMILES string of the molecule is Fc1cccc(CNCC2CCCOC2)c1Cl. The van der Waals surface area contributed by atoms with Gasteiger partial charge in [0.05, 0.1) is 11.6 Å². The largest absolute Gasteiger partial charge is 0.381 e. The highest BCUT2D eigenvalue weighted by atomic mass is 35.5. The molecule has 1 aliphatic heterocycles. The molecule has 1 aromatic rings. The first-order valence-corrected chi connectivity index (χ1v) is 6.36. The van der Waals surface area contributed by atoms with E-state index in [2.05, 4.69) is 5.32 Å². The fourth-order valence-corrected chi connectivity index (χ4v) is 2.26. The van der Waals surface area contributed by atoms with Crippen molar-refractivity contribution >= 4 is 11.6 Å². The molecular formula is C13H17ClFNO. The molecule has 1 N–H and O–H groups in total. The van der Waals surface area contributed by atoms with Gasteiger partial charge in [-0.3, -0.25) is 0 Å². The molecule has 0 aliphatic carbocycles. The third-order valence-corrected chi connectivity index (χ3v) is 3.46. The molecule has 1 unspecified atom stereocenters. The van der Waals surface area contributed by atoms with Crippen molar-refractivity contribution in [2.24, 2.45) is 5.92 Å². The van der Waals surface area contributed by atoms with Gasteiger partial charge >= 0.3 is 0 Å². The Kier molecular flexibility index (Phi) is 4.77. The molecule has 4 heteroatoms. The first-order valence-electron chi connectivity index (χ1n) is 5.98. The fourth-order valence-electron chi connectivity index (χ4n) is 2.06. The molecule has 0 saturated carbocycles. The molecule has 1 fully saturated rings. The molecule has 1 atom stereocenters. The van der Waals surface area contributed by atoms with E-state index in [1.54, 1.807) is 6.07 Å². The van der Waals surface area contributed by atoms with E-state index < -0.39 is 0 Å². The molecule has 0 aromatic heterocycles. The summed E-state index contributed by atoms with van der Waals surface area (Å²) in [5.41, 5.74) is 0.809. The van der Waals surface area contributed by atoms with E-state index in [0.717, 1.165) is 31.7 Å². The normalized spacial score (nSPS) is 20.5. The second kappa shape index (κ2) is 6.34. The van der Waals surface area contributed by atoms with Gasteiger partial charge in [0, 0.05) is 19.7 Å². The smallest absolute Gasteiger partial charge is 0.142 e. The summed E-state index contributed by atoms with van der Waals surface area (Å²) in [6.07, 6.45) is 2.33. The van der Waals surface area contributed by atoms with Gasteiger partial charge in [0.25, 0.3) is 0 Å². The molecule has 0 bridgehead atoms. The van der Waals surface area contributed by atoms with Crippen LogP contribution in [0.2, 0.25) is 5.02 Å². The van der Waals surface area contributed by atoms with E-state index in [-0.39, 0.29) is 10.8 Å². The van der Waals surface area contributed by atoms with Crippen LogP contribution in [-0.4, -0.2) is 19.8 Å². The highest BCUT2D eigenvalue weighted by molar-refractivity contribution is 6.31. The van der Waals surface area contributed by atoms with Crippen LogP contribution in [0.3, 0.4) is 0 Å². The highest BCUT2D eigenvalue weighted by Gasteiger charge is 2.13. The van der Waals surface area contributed by atoms with Crippen molar-refractivity contribution in [3.8, 4) is 0 Å². The minimum absolute atomic E-state index is 0.222. The lowest BCUT2D eigenvalue weighted by Gasteiger charge is -2.22. The third-order valence-electron chi connectivity index (χ3n) is 3.03. The van der Waals surface area contributed by atoms with E-state index in [1.165, 1.54) is 12.5 Å². The molecule has 0 radical (unpaired) electrons. The average molecular weight is 258 g/mol. The Morgan fingerprint density at radius 2 is 2.35 bits per heavy atom. The third kappa shape index (κ3) is 3.66. The van der Waals surface area contributed by atoms with Crippen LogP contribution in [0.1, 0.15) is 18.4 Å². The molecule has 0 spiro atoms. The fraction of sp³-hybridized carbons (Fsp3) is 0.538. The number of nitrogens with one attached hydrogen (secondary N) is 1. The van der Waals surface area contributed by atoms with Crippen LogP contribution >= 0.6 is 11.6 Å². The predicted octanol–water partition coefficient (Wildman–Crippen LogP) is 3.00. The van der Waals surface area contributed by atoms with Gasteiger partial charge in [0.2, 0.25) is 0 Å². The molecule has 1 aromatic carbocycles. The van der Waals surface area contributed by atoms with Crippen molar-refractivity contribution in [1.82, 2.24) is 5.32 Å². The summed E-state index contributed by atoms with van der Waals surface area (Å²) in [7, 11) is 0. The van der Waals surface area contributed by atoms with Crippen molar-refractivity contribution in [3.05, 3.63) is 34.6 Å². The molecule has 1 heterocycles. The lowest BCUT2D eigenvalue weighted by molar-refractivity contribution is 0.0547. The second-order valence-electron chi connectivity index (χ2n) is 4.43. The average Bonchev–Trinajstić information content (AvgIpc) is 2.36. The van der Waals surface area contributed by atoms with Gasteiger partial charge in [-0.15, -0.1) is 0 Å². The zero-order valence-electron chi connectivity index (χ0n) is 9.72. The minimum Gasteiger partial charge on any atom is -0.381 e. The summed E-state index contributed by atoms with van der Waals surface area (Å²) in [4.78, 5) is 0. The summed E-state index contributed by atoms with van der Waals surface area (Å²) < 4.78 is 18.6. The van der Waals surface area contributed by atoms with Crippen LogP contribution in [0, 0.1) is 11.7 Å². The van der Waals surface area contributed by atoms with E-state index in [9.17, 15) is 4.39 Å². The van der Waals surface area contributed by atoms with Gasteiger partial charge in [-0.25, -0.2) is 4.39 Å². The Morgan fingerprint density at radius 1 is 1.47 bits per heavy atom. The lowest BCUT2D eigenvalue weighted by Crippen LogP contribution is -2.28. The Labute approximate surface area is 106 Å². The number of ether oxygens (including phenoxy) is 1. The van der Waals surface area contributed by atoms with Gasteiger partial charge in [-0.05, 0) is 30.4 Å². The summed E-state index contributed by atoms with van der Waals surface area (Å²) in [5.74, 6) is 0.211. The van der Waals surface area contributed by atoms with Gasteiger partial charge in [0.15, 0.2) is 0 Å². The molecule has 1 saturated heterocycles. The maximum Gasteiger partial charge on any atom is 0.142 e. The maximum atomic E-state index is 13.2. The highest BCUT2D eigenvalue weighted by Crippen LogP contribution is 2.19. The van der Waals surface area contributed by atoms with Crippen molar-refractivity contribution in [3.63, 3.8) is 0 Å². The summed E-state index contributed by atoms with van der Waals surface area (Å²) in [6, 6.07) is 4.90. The van der Waals surface area contributed by atoms with Gasteiger partial charge in [-0.2, -0.15) is 0 Å². The zero-order chi connectivity index (χ0) is 12.1. The molecule has 2 nitrogen and oxygen atoms in total. The van der Waals surface area contributed by atoms with E-state index >= 15 is 0 Å². The van der Waals surface area contributed by atoms with Crippen molar-refractivity contribution in [2.45, 2.75) is 19.4 Å². The number of rotatable bonds is 4. The number of hydrogen-bond donors (Lipinski definition) is 1. The summed E-state index contributed by atoms with van der Waals surface area (Å²) >= 11 is 5.88. The van der Waals surface area contributed by atoms with Crippen LogP contribution < -0.4 is 5.32 Å². The van der Waals surface area contributed by atoms with Gasteiger partial charge in [-0.1, -0.05) is 23.7 Å². The van der Waals surface area contributed by atoms with Gasteiger partial charge in [0.1, 0.15) is 5.82 Å². The standard InChI is InChI=1S/C13H17ClFNO/c14-13-11(4-1-5-12(13)15)8-16-7-10-3-2-6-17-9-10/h1,4-5,10,16H,2-3,6-9H2. The molecule has 2 rings (SSSR count). The number of hydrogen-bond acceptors (Lipinski definition) is 2. The number of halogens is 2. The quantitative estimate of drug-likeness (QED) is 0.895. The van der Waals surface area contributed by atoms with Crippen LogP contribution in [0.5, 0.6) is 0 Å². The van der Waals surface area contributed by atoms with Crippen molar-refractivity contribution in [1.29, 1.82) is 0 Å². The summed E-state index contributed by atoms with van der Waals surface area (Å²) in [5, 5.41) is 3.53. The second-order valence-corrected chi connectivity index (χ2v) is 4.80. The first kappa shape index (κ1) is 12.8. The Morgan fingerprint density at radius 3 is 3.12 bits per heavy atom. The minimum atomic E-state index is -0.355. The van der Waals surface area contributed by atoms with Gasteiger partial charge < -0.3 is 10.1 Å². The molecule has 0 amide bonds. The van der Waals surface area contributed by atoms with E-state index in [0.29, 0.717) is 12.5 Å². The monoisotopic (exact) mass is 257 g/mol. The Bertz CT molecular complexity index is 366. The Balaban J connectivity index is 1.79. The molecule has 17 heavy (non-hydrogen) atoms. The predicted molar refractivity (Wildman–Crippen MR) is 66.7 cm³/mol. The molecular weight excluding hydrogens is 241 g/mol. The zero-order valence-corrected chi connectivity index (χ0v) is 10.5. The van der Waals surface area contributed by atoms with Crippen LogP contribution in [0.25, 0.3) is 0 Å². The van der Waals surface area contributed by atoms with Crippen LogP contribution in [0.15, 0.2) is 18.2 Å². The van der Waals surface area contributed by atoms with E-state index in [4.69, 9.17) is 16.3 Å². The molecule has 94 valence electrons. The van der Waals surface area contributed by atoms with Crippen molar-refractivity contribution in [2.75, 3.05) is 19.8 Å². The maximum absolute atomic E-state index is 13.2. The van der Waals surface area contributed by atoms with Crippen LogP contribution in [0.4, 0.5) is 4.39 Å². The topological polar surface area (TPSA) is 21.3 Å². The summed E-state index contributed by atoms with van der Waals surface area (Å²) in [6.45, 7) is 3.20. The van der Waals surface area contributed by atoms with Crippen LogP contribution in [-0.2, 0) is 11.3 Å².